The molecule has 4 aromatic carbocycles. The lowest BCUT2D eigenvalue weighted by molar-refractivity contribution is 1.19. The molecule has 0 fully saturated rings. The molecule has 4 heterocycles. The minimum atomic E-state index is 0.419. The fourth-order valence-electron chi connectivity index (χ4n) is 5.93. The summed E-state index contributed by atoms with van der Waals surface area (Å²) in [6, 6.07) is 27.2. The SMILES string of the molecule is c1cc2c3c(c1)-c1ccc4c5ccccc5n5c4c1B3c1c-2cccc1-5. The van der Waals surface area contributed by atoms with Crippen molar-refractivity contribution in [3.8, 4) is 27.9 Å². The second kappa shape index (κ2) is 3.63. The molecule has 0 unspecified atom stereocenters. The van der Waals surface area contributed by atoms with E-state index in [1.807, 2.05) is 0 Å². The van der Waals surface area contributed by atoms with E-state index in [0.717, 1.165) is 0 Å². The molecule has 0 bridgehead atoms. The van der Waals surface area contributed by atoms with Crippen LogP contribution in [0.2, 0.25) is 0 Å². The number of para-hydroxylation sites is 1. The molecule has 0 saturated heterocycles. The van der Waals surface area contributed by atoms with Gasteiger partial charge in [0.25, 0.3) is 0 Å². The summed E-state index contributed by atoms with van der Waals surface area (Å²) in [5, 5.41) is 2.75. The molecule has 0 saturated carbocycles. The van der Waals surface area contributed by atoms with Crippen molar-refractivity contribution >= 4 is 44.9 Å². The van der Waals surface area contributed by atoms with Crippen LogP contribution in [-0.4, -0.2) is 11.3 Å². The van der Waals surface area contributed by atoms with Crippen molar-refractivity contribution in [2.24, 2.45) is 0 Å². The second-order valence-corrected chi connectivity index (χ2v) is 7.71. The molecule has 8 rings (SSSR count). The van der Waals surface area contributed by atoms with Crippen LogP contribution in [0, 0.1) is 0 Å². The summed E-state index contributed by atoms with van der Waals surface area (Å²) in [6.07, 6.45) is 0. The van der Waals surface area contributed by atoms with Gasteiger partial charge >= 0.3 is 0 Å². The molecule has 116 valence electrons. The van der Waals surface area contributed by atoms with Gasteiger partial charge in [-0.25, -0.2) is 0 Å². The zero-order valence-corrected chi connectivity index (χ0v) is 14.0. The van der Waals surface area contributed by atoms with E-state index in [2.05, 4.69) is 77.4 Å². The smallest absolute Gasteiger partial charge is 0.249 e. The Hall–Kier alpha value is -3.26. The van der Waals surface area contributed by atoms with Crippen LogP contribution in [0.15, 0.2) is 72.8 Å². The lowest BCUT2D eigenvalue weighted by atomic mass is 9.39. The molecule has 2 heteroatoms. The minimum absolute atomic E-state index is 0.419. The second-order valence-electron chi connectivity index (χ2n) is 7.71. The maximum Gasteiger partial charge on any atom is 0.249 e. The Bertz CT molecular complexity index is 1490. The van der Waals surface area contributed by atoms with Crippen molar-refractivity contribution in [1.29, 1.82) is 0 Å². The summed E-state index contributed by atoms with van der Waals surface area (Å²) in [5.41, 5.74) is 14.4. The van der Waals surface area contributed by atoms with Crippen LogP contribution in [0.1, 0.15) is 0 Å². The summed E-state index contributed by atoms with van der Waals surface area (Å²) >= 11 is 0. The molecule has 0 radical (unpaired) electrons. The molecule has 0 atom stereocenters. The van der Waals surface area contributed by atoms with Gasteiger partial charge in [0.15, 0.2) is 0 Å². The van der Waals surface area contributed by atoms with Gasteiger partial charge in [-0.1, -0.05) is 66.1 Å². The van der Waals surface area contributed by atoms with Gasteiger partial charge in [0.1, 0.15) is 0 Å². The van der Waals surface area contributed by atoms with Gasteiger partial charge in [-0.2, -0.15) is 0 Å². The van der Waals surface area contributed by atoms with Crippen molar-refractivity contribution < 1.29 is 0 Å². The normalized spacial score (nSPS) is 14.1. The minimum Gasteiger partial charge on any atom is -0.310 e. The van der Waals surface area contributed by atoms with Crippen LogP contribution in [-0.2, 0) is 0 Å². The first-order valence-electron chi connectivity index (χ1n) is 9.26. The Kier molecular flexibility index (Phi) is 1.70. The number of rotatable bonds is 0. The van der Waals surface area contributed by atoms with Crippen molar-refractivity contribution in [3.05, 3.63) is 72.8 Å². The van der Waals surface area contributed by atoms with E-state index in [9.17, 15) is 0 Å². The maximum atomic E-state index is 2.52. The third-order valence-electron chi connectivity index (χ3n) is 6.75. The van der Waals surface area contributed by atoms with Gasteiger partial charge in [0.05, 0.1) is 5.52 Å². The van der Waals surface area contributed by atoms with Crippen LogP contribution in [0.4, 0.5) is 0 Å². The van der Waals surface area contributed by atoms with E-state index in [0.29, 0.717) is 6.71 Å². The number of nitrogens with zero attached hydrogens (tertiary/aromatic N) is 1. The molecule has 1 aromatic heterocycles. The molecule has 0 amide bonds. The van der Waals surface area contributed by atoms with Crippen LogP contribution < -0.4 is 16.4 Å². The molecule has 0 aliphatic carbocycles. The molecule has 0 spiro atoms. The van der Waals surface area contributed by atoms with E-state index < -0.39 is 0 Å². The van der Waals surface area contributed by atoms with E-state index in [-0.39, 0.29) is 0 Å². The topological polar surface area (TPSA) is 4.93 Å². The third kappa shape index (κ3) is 1.03. The van der Waals surface area contributed by atoms with Gasteiger partial charge in [-0.05, 0) is 45.3 Å². The summed E-state index contributed by atoms with van der Waals surface area (Å²) in [4.78, 5) is 0. The van der Waals surface area contributed by atoms with Crippen molar-refractivity contribution in [3.63, 3.8) is 0 Å². The van der Waals surface area contributed by atoms with E-state index in [1.54, 1.807) is 0 Å². The zero-order valence-electron chi connectivity index (χ0n) is 14.0. The maximum absolute atomic E-state index is 2.52. The summed E-state index contributed by atoms with van der Waals surface area (Å²) < 4.78 is 2.52. The largest absolute Gasteiger partial charge is 0.310 e. The average molecular weight is 325 g/mol. The van der Waals surface area contributed by atoms with Gasteiger partial charge in [-0.3, -0.25) is 0 Å². The molecule has 1 nitrogen and oxygen atoms in total. The molecule has 0 N–H and O–H groups in total. The predicted molar refractivity (Wildman–Crippen MR) is 110 cm³/mol. The number of hydrogen-bond donors (Lipinski definition) is 0. The summed E-state index contributed by atoms with van der Waals surface area (Å²) in [6.45, 7) is 0.419. The Labute approximate surface area is 150 Å². The van der Waals surface area contributed by atoms with Crippen molar-refractivity contribution in [2.45, 2.75) is 0 Å². The Morgan fingerprint density at radius 3 is 2.15 bits per heavy atom. The molecule has 26 heavy (non-hydrogen) atoms. The molecule has 5 aromatic rings. The number of aromatic nitrogens is 1. The fraction of sp³-hybridized carbons (Fsp3) is 0. The highest BCUT2D eigenvalue weighted by Crippen LogP contribution is 2.42. The van der Waals surface area contributed by atoms with Crippen LogP contribution in [0.5, 0.6) is 0 Å². The first-order chi connectivity index (χ1) is 12.9. The first-order valence-corrected chi connectivity index (χ1v) is 9.26. The Balaban J connectivity index is 1.78. The van der Waals surface area contributed by atoms with E-state index in [1.165, 1.54) is 66.1 Å². The Morgan fingerprint density at radius 1 is 0.538 bits per heavy atom. The summed E-state index contributed by atoms with van der Waals surface area (Å²) in [7, 11) is 0. The highest BCUT2D eigenvalue weighted by molar-refractivity contribution is 7.04. The van der Waals surface area contributed by atoms with E-state index >= 15 is 0 Å². The quantitative estimate of drug-likeness (QED) is 0.376. The lowest BCUT2D eigenvalue weighted by Gasteiger charge is -2.23. The van der Waals surface area contributed by atoms with Crippen LogP contribution >= 0.6 is 0 Å². The highest BCUT2D eigenvalue weighted by atomic mass is 15.0. The molecule has 3 aliphatic heterocycles. The van der Waals surface area contributed by atoms with Crippen LogP contribution in [0.25, 0.3) is 49.7 Å². The average Bonchev–Trinajstić information content (AvgIpc) is 3.32. The Morgan fingerprint density at radius 2 is 1.27 bits per heavy atom. The van der Waals surface area contributed by atoms with E-state index in [4.69, 9.17) is 0 Å². The van der Waals surface area contributed by atoms with Gasteiger partial charge < -0.3 is 4.57 Å². The van der Waals surface area contributed by atoms with Gasteiger partial charge in [0.2, 0.25) is 6.71 Å². The lowest BCUT2D eigenvalue weighted by Crippen LogP contribution is -2.50. The number of benzene rings is 4. The first kappa shape index (κ1) is 12.2. The van der Waals surface area contributed by atoms with Gasteiger partial charge in [0, 0.05) is 22.0 Å². The fourth-order valence-corrected chi connectivity index (χ4v) is 5.93. The zero-order chi connectivity index (χ0) is 16.6. The number of hydrogen-bond acceptors (Lipinski definition) is 0. The predicted octanol–water partition coefficient (Wildman–Crippen LogP) is 3.57. The standard InChI is InChI=1S/C24H12BN/c1-2-9-19-13(5-1)18-12-11-17-15-7-3-6-14-16-8-4-10-20-22(16)25(21(14)15)23(17)24(18)26(19)20/h1-12H. The molecular formula is C24H12BN. The van der Waals surface area contributed by atoms with Gasteiger partial charge in [-0.15, -0.1) is 0 Å². The number of fused-ring (bicyclic) bond motifs is 6. The molecule has 3 aliphatic rings. The highest BCUT2D eigenvalue weighted by Gasteiger charge is 2.47. The monoisotopic (exact) mass is 325 g/mol. The van der Waals surface area contributed by atoms with Crippen molar-refractivity contribution in [2.75, 3.05) is 0 Å². The molecular weight excluding hydrogens is 313 g/mol. The third-order valence-corrected chi connectivity index (χ3v) is 6.75. The summed E-state index contributed by atoms with van der Waals surface area (Å²) in [5.74, 6) is 0. The van der Waals surface area contributed by atoms with Crippen molar-refractivity contribution in [1.82, 2.24) is 4.57 Å². The van der Waals surface area contributed by atoms with Crippen LogP contribution in [0.3, 0.4) is 0 Å².